The van der Waals surface area contributed by atoms with Gasteiger partial charge < -0.3 is 9.26 Å². The Morgan fingerprint density at radius 3 is 2.42 bits per heavy atom. The Bertz CT molecular complexity index is 819. The number of carbonyl (C=O) groups is 1. The molecule has 138 valence electrons. The molecule has 0 saturated heterocycles. The quantitative estimate of drug-likeness (QED) is 0.304. The van der Waals surface area contributed by atoms with Crippen molar-refractivity contribution in [2.75, 3.05) is 7.11 Å². The first-order chi connectivity index (χ1) is 12.3. The number of rotatable bonds is 8. The van der Waals surface area contributed by atoms with E-state index in [4.69, 9.17) is 32.3 Å². The highest BCUT2D eigenvalue weighted by Gasteiger charge is 2.27. The molecule has 0 aliphatic rings. The summed E-state index contributed by atoms with van der Waals surface area (Å²) in [5.74, 6) is -3.38. The Labute approximate surface area is 160 Å². The van der Waals surface area contributed by atoms with Crippen molar-refractivity contribution in [3.05, 3.63) is 70.3 Å². The lowest BCUT2D eigenvalue weighted by Gasteiger charge is -2.23. The van der Waals surface area contributed by atoms with Gasteiger partial charge in [0.1, 0.15) is 11.8 Å². The maximum Gasteiger partial charge on any atom is 0.323 e. The third-order valence-electron chi connectivity index (χ3n) is 3.35. The van der Waals surface area contributed by atoms with Crippen LogP contribution in [0.1, 0.15) is 5.56 Å². The highest BCUT2D eigenvalue weighted by molar-refractivity contribution is 8.23. The molecule has 0 spiro atoms. The van der Waals surface area contributed by atoms with Crippen molar-refractivity contribution in [2.45, 2.75) is 12.5 Å². The number of methoxy groups -OCH3 is 1. The molecule has 0 aliphatic heterocycles. The number of nitrogens with zero attached hydrogens (tertiary/aromatic N) is 1. The number of esters is 1. The molecule has 0 bridgehead atoms. The number of hydrogen-bond acceptors (Lipinski definition) is 6. The minimum atomic E-state index is -3.13. The standard InChI is InChI=1S/C16H16ClN2O5PS/c1-23-16(20)15(11-12-5-3-2-4-6-12)18-25(17,26)24-14-9-7-13(8-10-14)19(21)22/h2-10,15H,11H2,1H3,(H,18,26). The molecule has 2 rings (SSSR count). The maximum atomic E-state index is 12.1. The van der Waals surface area contributed by atoms with Gasteiger partial charge in [0.2, 0.25) is 0 Å². The molecule has 2 unspecified atom stereocenters. The van der Waals surface area contributed by atoms with Crippen molar-refractivity contribution >= 4 is 40.5 Å². The zero-order valence-corrected chi connectivity index (χ0v) is 16.2. The normalized spacial score (nSPS) is 14.1. The van der Waals surface area contributed by atoms with Gasteiger partial charge in [0.05, 0.1) is 12.0 Å². The Hall–Kier alpha value is -1.99. The van der Waals surface area contributed by atoms with E-state index >= 15 is 0 Å². The highest BCUT2D eigenvalue weighted by Crippen LogP contribution is 2.49. The molecule has 0 saturated carbocycles. The fourth-order valence-electron chi connectivity index (χ4n) is 2.15. The Balaban J connectivity index is 2.10. The lowest BCUT2D eigenvalue weighted by Crippen LogP contribution is -2.37. The van der Waals surface area contributed by atoms with Crippen LogP contribution >= 0.6 is 17.0 Å². The molecule has 10 heteroatoms. The fourth-order valence-corrected chi connectivity index (χ4v) is 4.40. The Morgan fingerprint density at radius 2 is 1.88 bits per heavy atom. The second-order valence-electron chi connectivity index (χ2n) is 5.22. The number of carbonyl (C=O) groups excluding carboxylic acids is 1. The molecule has 2 aromatic carbocycles. The van der Waals surface area contributed by atoms with Gasteiger partial charge in [-0.05, 0) is 47.2 Å². The van der Waals surface area contributed by atoms with Crippen molar-refractivity contribution in [1.29, 1.82) is 0 Å². The van der Waals surface area contributed by atoms with Gasteiger partial charge in [0.25, 0.3) is 11.5 Å². The van der Waals surface area contributed by atoms with E-state index in [1.165, 1.54) is 31.4 Å². The van der Waals surface area contributed by atoms with E-state index in [2.05, 4.69) is 5.09 Å². The maximum absolute atomic E-state index is 12.1. The number of halogens is 1. The first kappa shape index (κ1) is 20.3. The molecule has 1 N–H and O–H groups in total. The highest BCUT2D eigenvalue weighted by atomic mass is 35.7. The van der Waals surface area contributed by atoms with Crippen LogP contribution < -0.4 is 9.61 Å². The summed E-state index contributed by atoms with van der Waals surface area (Å²) in [6.45, 7) is 0. The van der Waals surface area contributed by atoms with Crippen LogP contribution in [0, 0.1) is 10.1 Å². The number of hydrogen-bond donors (Lipinski definition) is 1. The van der Waals surface area contributed by atoms with Gasteiger partial charge in [0.15, 0.2) is 0 Å². The van der Waals surface area contributed by atoms with Crippen LogP contribution in [0.15, 0.2) is 54.6 Å². The molecule has 0 aliphatic carbocycles. The van der Waals surface area contributed by atoms with E-state index in [-0.39, 0.29) is 11.4 Å². The van der Waals surface area contributed by atoms with Gasteiger partial charge in [-0.2, -0.15) is 0 Å². The van der Waals surface area contributed by atoms with Crippen molar-refractivity contribution < 1.29 is 19.0 Å². The average Bonchev–Trinajstić information content (AvgIpc) is 2.61. The number of nitro benzene ring substituents is 1. The molecule has 2 aromatic rings. The van der Waals surface area contributed by atoms with E-state index in [0.29, 0.717) is 6.42 Å². The molecule has 0 radical (unpaired) electrons. The average molecular weight is 415 g/mol. The van der Waals surface area contributed by atoms with E-state index in [0.717, 1.165) is 5.56 Å². The molecular formula is C16H16ClN2O5PS. The molecule has 0 amide bonds. The number of non-ortho nitro benzene ring substituents is 1. The van der Waals surface area contributed by atoms with Gasteiger partial charge in [-0.1, -0.05) is 30.3 Å². The van der Waals surface area contributed by atoms with Crippen molar-refractivity contribution in [3.63, 3.8) is 0 Å². The van der Waals surface area contributed by atoms with E-state index in [1.807, 2.05) is 30.3 Å². The minimum Gasteiger partial charge on any atom is -0.468 e. The largest absolute Gasteiger partial charge is 0.468 e. The summed E-state index contributed by atoms with van der Waals surface area (Å²) >= 11 is 11.6. The van der Waals surface area contributed by atoms with Gasteiger partial charge in [-0.15, -0.1) is 0 Å². The lowest BCUT2D eigenvalue weighted by molar-refractivity contribution is -0.384. The van der Waals surface area contributed by atoms with E-state index in [1.54, 1.807) is 0 Å². The number of benzene rings is 2. The van der Waals surface area contributed by atoms with Crippen LogP contribution in [0.3, 0.4) is 0 Å². The SMILES string of the molecule is COC(=O)C(Cc1ccccc1)NP(=S)(Cl)Oc1ccc([N+](=O)[O-])cc1. The summed E-state index contributed by atoms with van der Waals surface area (Å²) in [7, 11) is 1.27. The third-order valence-corrected chi connectivity index (χ3v) is 5.45. The first-order valence-electron chi connectivity index (χ1n) is 7.44. The molecule has 0 aromatic heterocycles. The molecular weight excluding hydrogens is 399 g/mol. The van der Waals surface area contributed by atoms with Crippen molar-refractivity contribution in [3.8, 4) is 5.75 Å². The van der Waals surface area contributed by atoms with Crippen LogP contribution in [0.5, 0.6) is 5.75 Å². The van der Waals surface area contributed by atoms with E-state index < -0.39 is 22.7 Å². The Kier molecular flexibility index (Phi) is 7.11. The smallest absolute Gasteiger partial charge is 0.323 e. The topological polar surface area (TPSA) is 90.7 Å². The lowest BCUT2D eigenvalue weighted by atomic mass is 10.1. The first-order valence-corrected chi connectivity index (χ1v) is 11.1. The number of nitrogens with one attached hydrogen (secondary N) is 1. The second-order valence-corrected chi connectivity index (χ2v) is 10.2. The van der Waals surface area contributed by atoms with Gasteiger partial charge in [-0.25, -0.2) is 5.09 Å². The van der Waals surface area contributed by atoms with Crippen LogP contribution in [0.4, 0.5) is 5.69 Å². The second kappa shape index (κ2) is 9.09. The van der Waals surface area contributed by atoms with Gasteiger partial charge in [-0.3, -0.25) is 14.9 Å². The predicted molar refractivity (Wildman–Crippen MR) is 103 cm³/mol. The van der Waals surface area contributed by atoms with Gasteiger partial charge >= 0.3 is 5.97 Å². The van der Waals surface area contributed by atoms with E-state index in [9.17, 15) is 14.9 Å². The summed E-state index contributed by atoms with van der Waals surface area (Å²) < 4.78 is 10.4. The molecule has 7 nitrogen and oxygen atoms in total. The summed E-state index contributed by atoms with van der Waals surface area (Å²) in [6.07, 6.45) is 0.322. The predicted octanol–water partition coefficient (Wildman–Crippen LogP) is 3.81. The Morgan fingerprint density at radius 1 is 1.27 bits per heavy atom. The monoisotopic (exact) mass is 414 g/mol. The zero-order chi connectivity index (χ0) is 19.2. The molecule has 2 atom stereocenters. The van der Waals surface area contributed by atoms with Crippen LogP contribution in [0.25, 0.3) is 0 Å². The minimum absolute atomic E-state index is 0.0790. The summed E-state index contributed by atoms with van der Waals surface area (Å²) in [4.78, 5) is 22.2. The number of nitro groups is 1. The van der Waals surface area contributed by atoms with Crippen molar-refractivity contribution in [2.24, 2.45) is 0 Å². The van der Waals surface area contributed by atoms with Crippen LogP contribution in [-0.4, -0.2) is 24.0 Å². The summed E-state index contributed by atoms with van der Waals surface area (Å²) in [5.41, 5.74) is 0.821. The van der Waals surface area contributed by atoms with Crippen molar-refractivity contribution in [1.82, 2.24) is 5.09 Å². The summed E-state index contributed by atoms with van der Waals surface area (Å²) in [6, 6.07) is 13.9. The number of ether oxygens (including phenoxy) is 1. The fraction of sp³-hybridized carbons (Fsp3) is 0.188. The molecule has 26 heavy (non-hydrogen) atoms. The molecule has 0 fully saturated rings. The third kappa shape index (κ3) is 6.07. The van der Waals surface area contributed by atoms with Crippen LogP contribution in [-0.2, 0) is 27.8 Å². The van der Waals surface area contributed by atoms with Gasteiger partial charge in [0, 0.05) is 12.1 Å². The molecule has 0 heterocycles. The van der Waals surface area contributed by atoms with Crippen LogP contribution in [0.2, 0.25) is 0 Å². The summed E-state index contributed by atoms with van der Waals surface area (Å²) in [5, 5.41) is 13.5. The zero-order valence-electron chi connectivity index (χ0n) is 13.7.